The van der Waals surface area contributed by atoms with Gasteiger partial charge < -0.3 is 15.8 Å². The SMILES string of the molecule is Cc1cc(NC2CCOCC2)c(Br)cc1N. The zero-order valence-electron chi connectivity index (χ0n) is 9.42. The van der Waals surface area contributed by atoms with Gasteiger partial charge in [0.05, 0.1) is 0 Å². The molecule has 1 aliphatic heterocycles. The molecule has 3 N–H and O–H groups in total. The molecule has 0 radical (unpaired) electrons. The van der Waals surface area contributed by atoms with E-state index in [-0.39, 0.29) is 0 Å². The van der Waals surface area contributed by atoms with Gasteiger partial charge in [-0.2, -0.15) is 0 Å². The second-order valence-electron chi connectivity index (χ2n) is 4.22. The van der Waals surface area contributed by atoms with Gasteiger partial charge in [-0.1, -0.05) is 0 Å². The topological polar surface area (TPSA) is 47.3 Å². The van der Waals surface area contributed by atoms with Crippen molar-refractivity contribution in [3.8, 4) is 0 Å². The molecule has 0 aromatic heterocycles. The average Bonchev–Trinajstić information content (AvgIpc) is 2.27. The summed E-state index contributed by atoms with van der Waals surface area (Å²) in [5.74, 6) is 0. The second kappa shape index (κ2) is 5.06. The highest BCUT2D eigenvalue weighted by atomic mass is 79.9. The monoisotopic (exact) mass is 284 g/mol. The number of nitrogens with one attached hydrogen (secondary N) is 1. The summed E-state index contributed by atoms with van der Waals surface area (Å²) < 4.78 is 6.37. The van der Waals surface area contributed by atoms with Crippen molar-refractivity contribution in [2.24, 2.45) is 0 Å². The summed E-state index contributed by atoms with van der Waals surface area (Å²) >= 11 is 3.53. The molecule has 4 heteroatoms. The summed E-state index contributed by atoms with van der Waals surface area (Å²) in [6, 6.07) is 4.55. The maximum Gasteiger partial charge on any atom is 0.0490 e. The van der Waals surface area contributed by atoms with Crippen molar-refractivity contribution in [2.75, 3.05) is 24.3 Å². The molecule has 1 aromatic rings. The van der Waals surface area contributed by atoms with Crippen LogP contribution in [-0.2, 0) is 4.74 Å². The van der Waals surface area contributed by atoms with Crippen LogP contribution in [-0.4, -0.2) is 19.3 Å². The highest BCUT2D eigenvalue weighted by Gasteiger charge is 2.14. The van der Waals surface area contributed by atoms with Crippen LogP contribution in [0.4, 0.5) is 11.4 Å². The quantitative estimate of drug-likeness (QED) is 0.821. The van der Waals surface area contributed by atoms with Crippen molar-refractivity contribution >= 4 is 27.3 Å². The smallest absolute Gasteiger partial charge is 0.0490 e. The zero-order chi connectivity index (χ0) is 11.5. The third-order valence-corrected chi connectivity index (χ3v) is 3.59. The largest absolute Gasteiger partial charge is 0.398 e. The molecule has 0 atom stereocenters. The van der Waals surface area contributed by atoms with Crippen LogP contribution in [0.1, 0.15) is 18.4 Å². The van der Waals surface area contributed by atoms with Crippen LogP contribution in [0, 0.1) is 6.92 Å². The standard InChI is InChI=1S/C12H17BrN2O/c1-8-6-12(10(13)7-11(8)14)15-9-2-4-16-5-3-9/h6-7,9,15H,2-5,14H2,1H3. The van der Waals surface area contributed by atoms with Gasteiger partial charge in [-0.15, -0.1) is 0 Å². The van der Waals surface area contributed by atoms with E-state index in [2.05, 4.69) is 27.3 Å². The van der Waals surface area contributed by atoms with Crippen molar-refractivity contribution in [3.63, 3.8) is 0 Å². The molecule has 0 amide bonds. The minimum atomic E-state index is 0.507. The van der Waals surface area contributed by atoms with Crippen LogP contribution in [0.5, 0.6) is 0 Å². The molecule has 2 rings (SSSR count). The van der Waals surface area contributed by atoms with Crippen LogP contribution in [0.25, 0.3) is 0 Å². The maximum atomic E-state index is 5.84. The molecule has 0 saturated carbocycles. The maximum absolute atomic E-state index is 5.84. The normalized spacial score (nSPS) is 17.4. The predicted molar refractivity (Wildman–Crippen MR) is 70.8 cm³/mol. The molecule has 1 aliphatic rings. The van der Waals surface area contributed by atoms with Gasteiger partial charge in [-0.05, 0) is 53.4 Å². The van der Waals surface area contributed by atoms with Crippen LogP contribution in [0.15, 0.2) is 16.6 Å². The lowest BCUT2D eigenvalue weighted by Crippen LogP contribution is -2.28. The van der Waals surface area contributed by atoms with E-state index < -0.39 is 0 Å². The molecule has 88 valence electrons. The summed E-state index contributed by atoms with van der Waals surface area (Å²) in [6.45, 7) is 3.73. The third-order valence-electron chi connectivity index (χ3n) is 2.94. The van der Waals surface area contributed by atoms with Crippen LogP contribution < -0.4 is 11.1 Å². The fraction of sp³-hybridized carbons (Fsp3) is 0.500. The Labute approximate surface area is 104 Å². The number of nitrogen functional groups attached to an aromatic ring is 1. The first-order chi connectivity index (χ1) is 7.66. The van der Waals surface area contributed by atoms with E-state index in [1.165, 1.54) is 0 Å². The molecular weight excluding hydrogens is 268 g/mol. The summed E-state index contributed by atoms with van der Waals surface area (Å²) in [5, 5.41) is 3.53. The van der Waals surface area contributed by atoms with Crippen molar-refractivity contribution in [1.29, 1.82) is 0 Å². The summed E-state index contributed by atoms with van der Waals surface area (Å²) in [4.78, 5) is 0. The van der Waals surface area contributed by atoms with Gasteiger partial charge in [0.25, 0.3) is 0 Å². The molecule has 1 heterocycles. The Morgan fingerprint density at radius 2 is 2.06 bits per heavy atom. The fourth-order valence-corrected chi connectivity index (χ4v) is 2.34. The highest BCUT2D eigenvalue weighted by Crippen LogP contribution is 2.29. The Morgan fingerprint density at radius 1 is 1.38 bits per heavy atom. The highest BCUT2D eigenvalue weighted by molar-refractivity contribution is 9.10. The van der Waals surface area contributed by atoms with Gasteiger partial charge in [0.2, 0.25) is 0 Å². The lowest BCUT2D eigenvalue weighted by molar-refractivity contribution is 0.0904. The van der Waals surface area contributed by atoms with Gasteiger partial charge in [-0.25, -0.2) is 0 Å². The fourth-order valence-electron chi connectivity index (χ4n) is 1.87. The summed E-state index contributed by atoms with van der Waals surface area (Å²) in [6.07, 6.45) is 2.13. The van der Waals surface area contributed by atoms with Gasteiger partial charge in [0.15, 0.2) is 0 Å². The number of hydrogen-bond donors (Lipinski definition) is 2. The summed E-state index contributed by atoms with van der Waals surface area (Å²) in [5.41, 5.74) is 8.90. The number of halogens is 1. The molecular formula is C12H17BrN2O. The Hall–Kier alpha value is -0.740. The summed E-state index contributed by atoms with van der Waals surface area (Å²) in [7, 11) is 0. The second-order valence-corrected chi connectivity index (χ2v) is 5.07. The van der Waals surface area contributed by atoms with Crippen LogP contribution >= 0.6 is 15.9 Å². The van der Waals surface area contributed by atoms with Crippen molar-refractivity contribution in [2.45, 2.75) is 25.8 Å². The minimum absolute atomic E-state index is 0.507. The molecule has 0 aliphatic carbocycles. The molecule has 0 bridgehead atoms. The van der Waals surface area contributed by atoms with E-state index in [1.54, 1.807) is 0 Å². The molecule has 1 aromatic carbocycles. The number of anilines is 2. The number of hydrogen-bond acceptors (Lipinski definition) is 3. The van der Waals surface area contributed by atoms with Gasteiger partial charge in [0.1, 0.15) is 0 Å². The van der Waals surface area contributed by atoms with Crippen molar-refractivity contribution in [1.82, 2.24) is 0 Å². The van der Waals surface area contributed by atoms with Gasteiger partial charge in [-0.3, -0.25) is 0 Å². The van der Waals surface area contributed by atoms with E-state index in [9.17, 15) is 0 Å². The number of rotatable bonds is 2. The Bertz CT molecular complexity index is 376. The predicted octanol–water partition coefficient (Wildman–Crippen LogP) is 2.93. The van der Waals surface area contributed by atoms with Crippen LogP contribution in [0.2, 0.25) is 0 Å². The lowest BCUT2D eigenvalue weighted by atomic mass is 10.1. The Balaban J connectivity index is 2.11. The molecule has 0 spiro atoms. The van der Waals surface area contributed by atoms with E-state index in [0.717, 1.165) is 47.5 Å². The first-order valence-electron chi connectivity index (χ1n) is 5.56. The Kier molecular flexibility index (Phi) is 3.71. The van der Waals surface area contributed by atoms with Gasteiger partial charge >= 0.3 is 0 Å². The van der Waals surface area contributed by atoms with Crippen LogP contribution in [0.3, 0.4) is 0 Å². The zero-order valence-corrected chi connectivity index (χ0v) is 11.0. The minimum Gasteiger partial charge on any atom is -0.398 e. The average molecular weight is 285 g/mol. The van der Waals surface area contributed by atoms with Crippen molar-refractivity contribution in [3.05, 3.63) is 22.2 Å². The van der Waals surface area contributed by atoms with Gasteiger partial charge in [0, 0.05) is 35.1 Å². The van der Waals surface area contributed by atoms with E-state index in [1.807, 2.05) is 13.0 Å². The number of nitrogens with two attached hydrogens (primary N) is 1. The Morgan fingerprint density at radius 3 is 2.75 bits per heavy atom. The molecule has 0 unspecified atom stereocenters. The third kappa shape index (κ3) is 2.68. The lowest BCUT2D eigenvalue weighted by Gasteiger charge is -2.25. The first kappa shape index (κ1) is 11.7. The molecule has 16 heavy (non-hydrogen) atoms. The van der Waals surface area contributed by atoms with E-state index in [0.29, 0.717) is 6.04 Å². The van der Waals surface area contributed by atoms with Crippen molar-refractivity contribution < 1.29 is 4.74 Å². The molecule has 1 fully saturated rings. The molecule has 1 saturated heterocycles. The number of aryl methyl sites for hydroxylation is 1. The van der Waals surface area contributed by atoms with E-state index >= 15 is 0 Å². The number of benzene rings is 1. The molecule has 3 nitrogen and oxygen atoms in total. The van der Waals surface area contributed by atoms with E-state index in [4.69, 9.17) is 10.5 Å². The number of ether oxygens (including phenoxy) is 1. The first-order valence-corrected chi connectivity index (χ1v) is 6.36.